The molecule has 0 amide bonds. The number of rotatable bonds is 10. The summed E-state index contributed by atoms with van der Waals surface area (Å²) in [5, 5.41) is 2.27. The normalized spacial score (nSPS) is 13.1. The summed E-state index contributed by atoms with van der Waals surface area (Å²) in [7, 11) is 0. The second kappa shape index (κ2) is 19.3. The molecule has 8 aromatic carbocycles. The van der Waals surface area contributed by atoms with Crippen LogP contribution in [0.1, 0.15) is 103 Å². The predicted octanol–water partition coefficient (Wildman–Crippen LogP) is 17.9. The number of hydrogen-bond acceptors (Lipinski definition) is 4. The minimum absolute atomic E-state index is 0. The Morgan fingerprint density at radius 3 is 1.61 bits per heavy atom. The van der Waals surface area contributed by atoms with Crippen molar-refractivity contribution in [2.24, 2.45) is 0 Å². The van der Waals surface area contributed by atoms with E-state index in [1.807, 2.05) is 6.20 Å². The van der Waals surface area contributed by atoms with Crippen molar-refractivity contribution in [1.29, 1.82) is 0 Å². The van der Waals surface area contributed by atoms with Crippen LogP contribution in [0.4, 0.5) is 39.8 Å². The number of nitrogens with zero attached hydrogens (tertiary/aromatic N) is 5. The van der Waals surface area contributed by atoms with Gasteiger partial charge < -0.3 is 19.3 Å². The first kappa shape index (κ1) is 50.3. The maximum Gasteiger partial charge on any atom is 0.135 e. The average Bonchev–Trinajstić information content (AvgIpc) is 3.95. The Kier molecular flexibility index (Phi) is 13.1. The zero-order valence-electron chi connectivity index (χ0n) is 44.2. The van der Waals surface area contributed by atoms with Gasteiger partial charge in [-0.3, -0.25) is 0 Å². The van der Waals surface area contributed by atoms with Crippen LogP contribution in [-0.4, -0.2) is 9.55 Å². The molecule has 0 aliphatic carbocycles. The Morgan fingerprint density at radius 1 is 0.446 bits per heavy atom. The van der Waals surface area contributed by atoms with E-state index >= 15 is 0 Å². The third-order valence-electron chi connectivity index (χ3n) is 15.1. The molecule has 0 spiro atoms. The Morgan fingerprint density at radius 2 is 1.00 bits per heavy atom. The van der Waals surface area contributed by atoms with Crippen molar-refractivity contribution in [2.75, 3.05) is 14.7 Å². The smallest absolute Gasteiger partial charge is 0.135 e. The summed E-state index contributed by atoms with van der Waals surface area (Å²) in [6.45, 7) is 25.2. The van der Waals surface area contributed by atoms with Gasteiger partial charge in [-0.15, -0.1) is 48.1 Å². The maximum absolute atomic E-state index is 5.14. The monoisotopic (exact) mass is 1150 g/mol. The van der Waals surface area contributed by atoms with Crippen LogP contribution in [0.25, 0.3) is 27.6 Å². The van der Waals surface area contributed by atoms with Crippen molar-refractivity contribution in [3.63, 3.8) is 0 Å². The fraction of sp³-hybridized carbons (Fsp3) is 0.206. The summed E-state index contributed by atoms with van der Waals surface area (Å²) >= 11 is 0. The molecule has 0 saturated carbocycles. The Bertz CT molecular complexity index is 3610. The molecule has 0 radical (unpaired) electrons. The van der Waals surface area contributed by atoms with Crippen LogP contribution in [0.3, 0.4) is 0 Å². The first-order chi connectivity index (χ1) is 35.0. The van der Waals surface area contributed by atoms with E-state index in [-0.39, 0.29) is 42.7 Å². The van der Waals surface area contributed by atoms with E-state index < -0.39 is 0 Å². The van der Waals surface area contributed by atoms with Crippen molar-refractivity contribution in [3.05, 3.63) is 253 Å². The molecule has 0 unspecified atom stereocenters. The average molecular weight is 1150 g/mol. The number of anilines is 7. The van der Waals surface area contributed by atoms with Crippen LogP contribution in [0.15, 0.2) is 200 Å². The molecule has 2 aromatic heterocycles. The van der Waals surface area contributed by atoms with Crippen molar-refractivity contribution in [1.82, 2.24) is 9.55 Å². The molecule has 6 heteroatoms. The molecular weight excluding hydrogens is 1080 g/mol. The third kappa shape index (κ3) is 9.15. The number of para-hydroxylation sites is 3. The van der Waals surface area contributed by atoms with Crippen molar-refractivity contribution >= 4 is 61.6 Å². The summed E-state index contributed by atoms with van der Waals surface area (Å²) < 4.78 is 2.31. The van der Waals surface area contributed by atoms with E-state index in [1.54, 1.807) is 0 Å². The van der Waals surface area contributed by atoms with E-state index in [0.29, 0.717) is 0 Å². The van der Waals surface area contributed by atoms with Gasteiger partial charge in [0.1, 0.15) is 5.82 Å². The van der Waals surface area contributed by atoms with Gasteiger partial charge in [-0.05, 0) is 104 Å². The van der Waals surface area contributed by atoms with Gasteiger partial charge in [-0.1, -0.05) is 195 Å². The second-order valence-electron chi connectivity index (χ2n) is 22.8. The summed E-state index contributed by atoms with van der Waals surface area (Å²) in [5.74, 6) is 0.847. The molecule has 0 N–H and O–H groups in total. The standard InChI is InChI=1S/C68H64N5.Pt/c1-65(2,3)51-39-52(66(4,5)6)41-57(40-51)71-46-70(61-31-20-21-32-62(61)71)54-29-22-30-55(44-54)72(53-27-18-13-19-28-53)56-34-35-58-59-42-49(67(7,8)47-23-14-11-15-24-47)33-36-60(59)73(63(58)45-56)64-43-50(37-38-69-64)68(9,10)48-25-16-12-17-26-48;/h11-43,46H,1-10H3;/q-3;. The molecule has 3 heterocycles. The molecular formula is C68H64N5Pt-3. The quantitative estimate of drug-likeness (QED) is 0.128. The van der Waals surface area contributed by atoms with Gasteiger partial charge in [-0.25, -0.2) is 4.98 Å². The van der Waals surface area contributed by atoms with Gasteiger partial charge in [0.25, 0.3) is 0 Å². The summed E-state index contributed by atoms with van der Waals surface area (Å²) in [6.07, 6.45) is 1.96. The van der Waals surface area contributed by atoms with E-state index in [0.717, 1.165) is 67.4 Å². The minimum atomic E-state index is -0.263. The topological polar surface area (TPSA) is 27.5 Å². The van der Waals surface area contributed by atoms with E-state index in [4.69, 9.17) is 4.98 Å². The van der Waals surface area contributed by atoms with Crippen molar-refractivity contribution in [3.8, 4) is 5.82 Å². The summed E-state index contributed by atoms with van der Waals surface area (Å²) in [4.78, 5) is 12.0. The molecule has 0 fully saturated rings. The minimum Gasteiger partial charge on any atom is -0.493 e. The number of benzene rings is 8. The zero-order valence-corrected chi connectivity index (χ0v) is 46.5. The van der Waals surface area contributed by atoms with Crippen molar-refractivity contribution < 1.29 is 21.1 Å². The molecule has 0 saturated heterocycles. The van der Waals surface area contributed by atoms with Crippen LogP contribution in [-0.2, 0) is 42.7 Å². The molecule has 0 atom stereocenters. The number of hydrogen-bond donors (Lipinski definition) is 0. The van der Waals surface area contributed by atoms with Crippen LogP contribution >= 0.6 is 0 Å². The molecule has 5 nitrogen and oxygen atoms in total. The van der Waals surface area contributed by atoms with Gasteiger partial charge in [0.2, 0.25) is 0 Å². The number of fused-ring (bicyclic) bond motifs is 4. The largest absolute Gasteiger partial charge is 0.493 e. The predicted molar refractivity (Wildman–Crippen MR) is 307 cm³/mol. The molecule has 11 rings (SSSR count). The van der Waals surface area contributed by atoms with Crippen molar-refractivity contribution in [2.45, 2.75) is 90.9 Å². The van der Waals surface area contributed by atoms with Crippen LogP contribution in [0.5, 0.6) is 0 Å². The fourth-order valence-electron chi connectivity index (χ4n) is 10.5. The summed E-state index contributed by atoms with van der Waals surface area (Å²) in [5.41, 5.74) is 16.2. The molecule has 1 aliphatic heterocycles. The Hall–Kier alpha value is -7.20. The Labute approximate surface area is 453 Å². The number of pyridine rings is 1. The fourth-order valence-corrected chi connectivity index (χ4v) is 10.5. The third-order valence-corrected chi connectivity index (χ3v) is 15.1. The Balaban J connectivity index is 0.00000626. The van der Waals surface area contributed by atoms with Crippen LogP contribution < -0.4 is 14.7 Å². The van der Waals surface area contributed by atoms with Gasteiger partial charge in [0.05, 0.1) is 0 Å². The van der Waals surface area contributed by atoms with Crippen LogP contribution in [0, 0.1) is 18.8 Å². The summed E-state index contributed by atoms with van der Waals surface area (Å²) in [6, 6.07) is 78.2. The zero-order chi connectivity index (χ0) is 50.9. The first-order valence-electron chi connectivity index (χ1n) is 25.6. The molecule has 74 heavy (non-hydrogen) atoms. The van der Waals surface area contributed by atoms with Crippen LogP contribution in [0.2, 0.25) is 0 Å². The van der Waals surface area contributed by atoms with Gasteiger partial charge in [0.15, 0.2) is 0 Å². The van der Waals surface area contributed by atoms with Gasteiger partial charge >= 0.3 is 0 Å². The van der Waals surface area contributed by atoms with E-state index in [9.17, 15) is 0 Å². The van der Waals surface area contributed by atoms with E-state index in [1.165, 1.54) is 33.4 Å². The molecule has 1 aliphatic rings. The maximum atomic E-state index is 5.14. The second-order valence-corrected chi connectivity index (χ2v) is 22.8. The van der Waals surface area contributed by atoms with Gasteiger partial charge in [-0.2, -0.15) is 12.1 Å². The molecule has 0 bridgehead atoms. The van der Waals surface area contributed by atoms with E-state index in [2.05, 4.69) is 301 Å². The molecule has 374 valence electrons. The number of aromatic nitrogens is 2. The van der Waals surface area contributed by atoms with Gasteiger partial charge in [0, 0.05) is 66.4 Å². The molecule has 10 aromatic rings. The first-order valence-corrected chi connectivity index (χ1v) is 25.6. The SMILES string of the molecule is CC(C)(C)c1cc(N2[CH-]N(c3[c-]c(N(c4[c-]c5c(cc4)c4cc(C(C)(C)c6ccccc6)ccc4n5-c4cc(C(C)(C)c5ccccc5)ccn4)c4ccccc4)ccc3)c3ccccc32)cc(C(C)(C)C)c1.[Pt].